The molecule has 0 radical (unpaired) electrons. The minimum absolute atomic E-state index is 0.0411. The van der Waals surface area contributed by atoms with Crippen LogP contribution in [0, 0.1) is 0 Å². The second-order valence-electron chi connectivity index (χ2n) is 9.15. The molecule has 1 saturated heterocycles. The van der Waals surface area contributed by atoms with Crippen LogP contribution >= 0.6 is 0 Å². The maximum Gasteiger partial charge on any atom is 0.573 e. The maximum absolute atomic E-state index is 13.0. The van der Waals surface area contributed by atoms with Gasteiger partial charge in [0.1, 0.15) is 0 Å². The van der Waals surface area contributed by atoms with Crippen LogP contribution in [0.2, 0.25) is 0 Å². The lowest BCUT2D eigenvalue weighted by atomic mass is 10.0. The summed E-state index contributed by atoms with van der Waals surface area (Å²) < 4.78 is 68.1. The highest BCUT2D eigenvalue weighted by atomic mass is 19.4. The number of ether oxygens (including phenoxy) is 1. The van der Waals surface area contributed by atoms with Crippen molar-refractivity contribution in [1.82, 2.24) is 20.0 Å². The van der Waals surface area contributed by atoms with E-state index in [0.717, 1.165) is 17.7 Å². The SMILES string of the molecule is O=C(CN1CCN(CC(F)F)CC1)Nc1cc(C(=O)Cc2ccc(-c3ccccc3)nn2)ccc1OC(F)(F)F. The molecule has 2 heterocycles. The molecular weight excluding hydrogens is 537 g/mol. The first-order valence-corrected chi connectivity index (χ1v) is 12.4. The molecule has 2 aromatic carbocycles. The third-order valence-corrected chi connectivity index (χ3v) is 6.16. The van der Waals surface area contributed by atoms with Crippen LogP contribution < -0.4 is 10.1 Å². The number of anilines is 1. The van der Waals surface area contributed by atoms with Gasteiger partial charge in [0.05, 0.1) is 36.6 Å². The highest BCUT2D eigenvalue weighted by Crippen LogP contribution is 2.32. The smallest absolute Gasteiger partial charge is 0.404 e. The van der Waals surface area contributed by atoms with Crippen LogP contribution in [-0.4, -0.2) is 83.7 Å². The summed E-state index contributed by atoms with van der Waals surface area (Å²) in [5.41, 5.74) is 1.54. The molecule has 1 amide bonds. The summed E-state index contributed by atoms with van der Waals surface area (Å²) in [4.78, 5) is 28.8. The van der Waals surface area contributed by atoms with Crippen LogP contribution in [0.4, 0.5) is 27.6 Å². The lowest BCUT2D eigenvalue weighted by Crippen LogP contribution is -2.49. The van der Waals surface area contributed by atoms with Gasteiger partial charge in [0.15, 0.2) is 11.5 Å². The van der Waals surface area contributed by atoms with E-state index in [1.165, 1.54) is 6.07 Å². The zero-order valence-corrected chi connectivity index (χ0v) is 21.2. The minimum Gasteiger partial charge on any atom is -0.404 e. The van der Waals surface area contributed by atoms with Gasteiger partial charge < -0.3 is 10.1 Å². The quantitative estimate of drug-likeness (QED) is 0.291. The summed E-state index contributed by atoms with van der Waals surface area (Å²) in [5, 5.41) is 10.6. The van der Waals surface area contributed by atoms with Crippen LogP contribution in [0.1, 0.15) is 16.1 Å². The van der Waals surface area contributed by atoms with Crippen LogP contribution in [0.3, 0.4) is 0 Å². The summed E-state index contributed by atoms with van der Waals surface area (Å²) in [7, 11) is 0. The van der Waals surface area contributed by atoms with Crippen LogP contribution in [0.15, 0.2) is 60.7 Å². The molecule has 0 saturated carbocycles. The number of Topliss-reactive ketones (excluding diaryl/α,β-unsaturated/α-hetero) is 1. The first-order valence-electron chi connectivity index (χ1n) is 12.4. The molecule has 1 aliphatic rings. The number of carbonyl (C=O) groups excluding carboxylic acids is 2. The third kappa shape index (κ3) is 8.52. The molecule has 1 fully saturated rings. The fraction of sp³-hybridized carbons (Fsp3) is 0.333. The molecule has 40 heavy (non-hydrogen) atoms. The fourth-order valence-electron chi connectivity index (χ4n) is 4.22. The van der Waals surface area contributed by atoms with Gasteiger partial charge in [-0.25, -0.2) is 8.78 Å². The number of ketones is 1. The molecule has 0 bridgehead atoms. The van der Waals surface area contributed by atoms with Crippen LogP contribution in [-0.2, 0) is 11.2 Å². The van der Waals surface area contributed by atoms with Gasteiger partial charge >= 0.3 is 6.36 Å². The maximum atomic E-state index is 13.0. The summed E-state index contributed by atoms with van der Waals surface area (Å²) in [6.07, 6.45) is -7.66. The zero-order valence-electron chi connectivity index (χ0n) is 21.2. The number of rotatable bonds is 10. The molecule has 8 nitrogen and oxygen atoms in total. The van der Waals surface area contributed by atoms with Crippen molar-refractivity contribution in [1.29, 1.82) is 0 Å². The Labute approximate surface area is 226 Å². The highest BCUT2D eigenvalue weighted by molar-refractivity contribution is 6.00. The van der Waals surface area contributed by atoms with Crippen molar-refractivity contribution in [3.63, 3.8) is 0 Å². The number of carbonyl (C=O) groups is 2. The predicted octanol–water partition coefficient (Wildman–Crippen LogP) is 4.29. The lowest BCUT2D eigenvalue weighted by molar-refractivity contribution is -0.274. The van der Waals surface area contributed by atoms with E-state index in [0.29, 0.717) is 37.6 Å². The number of benzene rings is 2. The zero-order chi connectivity index (χ0) is 28.7. The Morgan fingerprint density at radius 2 is 1.62 bits per heavy atom. The molecule has 13 heteroatoms. The third-order valence-electron chi connectivity index (χ3n) is 6.16. The van der Waals surface area contributed by atoms with Crippen molar-refractivity contribution < 1.29 is 36.3 Å². The van der Waals surface area contributed by atoms with Crippen molar-refractivity contribution in [2.75, 3.05) is 44.6 Å². The summed E-state index contributed by atoms with van der Waals surface area (Å²) in [6, 6.07) is 15.9. The first kappa shape index (κ1) is 29.0. The van der Waals surface area contributed by atoms with Gasteiger partial charge in [-0.15, -0.1) is 13.2 Å². The molecule has 0 atom stereocenters. The van der Waals surface area contributed by atoms with Gasteiger partial charge in [-0.1, -0.05) is 30.3 Å². The van der Waals surface area contributed by atoms with Crippen molar-refractivity contribution in [2.24, 2.45) is 0 Å². The van der Waals surface area contributed by atoms with Crippen molar-refractivity contribution in [3.8, 4) is 17.0 Å². The van der Waals surface area contributed by atoms with Gasteiger partial charge in [0.2, 0.25) is 5.91 Å². The van der Waals surface area contributed by atoms with E-state index in [2.05, 4.69) is 20.3 Å². The monoisotopic (exact) mass is 563 g/mol. The minimum atomic E-state index is -5.03. The molecule has 212 valence electrons. The fourth-order valence-corrected chi connectivity index (χ4v) is 4.22. The van der Waals surface area contributed by atoms with Crippen molar-refractivity contribution >= 4 is 17.4 Å². The van der Waals surface area contributed by atoms with Gasteiger partial charge in [-0.05, 0) is 30.3 Å². The van der Waals surface area contributed by atoms with Crippen molar-refractivity contribution in [2.45, 2.75) is 19.2 Å². The first-order chi connectivity index (χ1) is 19.1. The predicted molar refractivity (Wildman–Crippen MR) is 136 cm³/mol. The topological polar surface area (TPSA) is 87.7 Å². The summed E-state index contributed by atoms with van der Waals surface area (Å²) >= 11 is 0. The van der Waals surface area contributed by atoms with E-state index < -0.39 is 30.2 Å². The largest absolute Gasteiger partial charge is 0.573 e. The number of piperazine rings is 1. The molecule has 1 aliphatic heterocycles. The number of nitrogens with zero attached hydrogens (tertiary/aromatic N) is 4. The Balaban J connectivity index is 1.42. The molecule has 0 unspecified atom stereocenters. The Morgan fingerprint density at radius 1 is 0.925 bits per heavy atom. The lowest BCUT2D eigenvalue weighted by Gasteiger charge is -2.34. The molecule has 3 aromatic rings. The average Bonchev–Trinajstić information content (AvgIpc) is 2.90. The molecular formula is C27H26F5N5O3. The number of halogens is 5. The Bertz CT molecular complexity index is 1300. The molecule has 1 aromatic heterocycles. The van der Waals surface area contributed by atoms with E-state index in [4.69, 9.17) is 0 Å². The van der Waals surface area contributed by atoms with E-state index in [1.807, 2.05) is 30.3 Å². The van der Waals surface area contributed by atoms with E-state index in [1.54, 1.807) is 21.9 Å². The molecule has 0 spiro atoms. The van der Waals surface area contributed by atoms with E-state index in [-0.39, 0.29) is 30.8 Å². The second kappa shape index (κ2) is 12.9. The van der Waals surface area contributed by atoms with Gasteiger partial charge in [-0.3, -0.25) is 19.4 Å². The number of amides is 1. The Kier molecular flexibility index (Phi) is 9.38. The molecule has 4 rings (SSSR count). The Morgan fingerprint density at radius 3 is 2.25 bits per heavy atom. The molecule has 1 N–H and O–H groups in total. The normalized spacial score (nSPS) is 14.8. The standard InChI is InChI=1S/C27H26F5N5O3/c28-25(29)16-36-10-12-37(13-11-36)17-26(39)33-22-14-19(6-9-24(22)40-27(30,31)32)23(38)15-20-7-8-21(35-34-20)18-4-2-1-3-5-18/h1-9,14,25H,10-13,15-17H2,(H,33,39). The van der Waals surface area contributed by atoms with Crippen LogP contribution in [0.5, 0.6) is 5.75 Å². The Hall–Kier alpha value is -3.97. The number of aromatic nitrogens is 2. The van der Waals surface area contributed by atoms with Gasteiger partial charge in [-0.2, -0.15) is 10.2 Å². The van der Waals surface area contributed by atoms with Crippen LogP contribution in [0.25, 0.3) is 11.3 Å². The number of hydrogen-bond acceptors (Lipinski definition) is 7. The van der Waals surface area contributed by atoms with E-state index in [9.17, 15) is 31.5 Å². The van der Waals surface area contributed by atoms with Crippen molar-refractivity contribution in [3.05, 3.63) is 71.9 Å². The average molecular weight is 564 g/mol. The number of hydrogen-bond donors (Lipinski definition) is 1. The van der Waals surface area contributed by atoms with Gasteiger partial charge in [0, 0.05) is 37.3 Å². The van der Waals surface area contributed by atoms with E-state index >= 15 is 0 Å². The second-order valence-corrected chi connectivity index (χ2v) is 9.15. The number of nitrogens with one attached hydrogen (secondary N) is 1. The van der Waals surface area contributed by atoms with Gasteiger partial charge in [0.25, 0.3) is 6.43 Å². The summed E-state index contributed by atoms with van der Waals surface area (Å²) in [6.45, 7) is 0.819. The highest BCUT2D eigenvalue weighted by Gasteiger charge is 2.33. The number of alkyl halides is 5. The molecule has 0 aliphatic carbocycles. The summed E-state index contributed by atoms with van der Waals surface area (Å²) in [5.74, 6) is -1.77.